The molecule has 0 bridgehead atoms. The maximum Gasteiger partial charge on any atom is 0.357 e. The zero-order valence-corrected chi connectivity index (χ0v) is 9.33. The third-order valence-electron chi connectivity index (χ3n) is 2.08. The first-order valence-electron chi connectivity index (χ1n) is 5.22. The number of carbonyl (C=O) groups is 1. The number of rotatable bonds is 3. The Bertz CT molecular complexity index is 514. The molecule has 2 aromatic heterocycles. The van der Waals surface area contributed by atoms with E-state index in [2.05, 4.69) is 15.0 Å². The second kappa shape index (κ2) is 5.16. The van der Waals surface area contributed by atoms with Gasteiger partial charge in [-0.05, 0) is 25.1 Å². The molecule has 0 saturated heterocycles. The molecule has 5 nitrogen and oxygen atoms in total. The number of esters is 1. The molecule has 0 aliphatic carbocycles. The summed E-state index contributed by atoms with van der Waals surface area (Å²) in [6, 6.07) is 5.19. The number of hydrogen-bond donors (Lipinski definition) is 0. The molecular weight excluding hydrogens is 218 g/mol. The van der Waals surface area contributed by atoms with Crippen molar-refractivity contribution in [3.05, 3.63) is 42.5 Å². The quantitative estimate of drug-likeness (QED) is 0.750. The van der Waals surface area contributed by atoms with Crippen LogP contribution in [0, 0.1) is 0 Å². The molecule has 0 spiro atoms. The average Bonchev–Trinajstić information content (AvgIpc) is 2.40. The highest BCUT2D eigenvalue weighted by Gasteiger charge is 2.16. The first kappa shape index (κ1) is 11.2. The Morgan fingerprint density at radius 3 is 2.59 bits per heavy atom. The van der Waals surface area contributed by atoms with Gasteiger partial charge in [0.05, 0.1) is 12.2 Å². The lowest BCUT2D eigenvalue weighted by Gasteiger charge is -2.05. The molecule has 2 rings (SSSR count). The minimum absolute atomic E-state index is 0.237. The van der Waals surface area contributed by atoms with Gasteiger partial charge in [-0.3, -0.25) is 0 Å². The van der Waals surface area contributed by atoms with Gasteiger partial charge in [-0.1, -0.05) is 0 Å². The summed E-state index contributed by atoms with van der Waals surface area (Å²) < 4.78 is 4.93. The molecular formula is C12H11N3O2. The summed E-state index contributed by atoms with van der Waals surface area (Å²) in [7, 11) is 0. The van der Waals surface area contributed by atoms with E-state index >= 15 is 0 Å². The molecule has 0 atom stereocenters. The summed E-state index contributed by atoms with van der Waals surface area (Å²) in [5.41, 5.74) is 0.812. The van der Waals surface area contributed by atoms with Gasteiger partial charge in [-0.25, -0.2) is 19.7 Å². The SMILES string of the molecule is CCOC(=O)c1ncccc1-c1ncccn1. The van der Waals surface area contributed by atoms with E-state index in [-0.39, 0.29) is 5.69 Å². The third-order valence-corrected chi connectivity index (χ3v) is 2.08. The van der Waals surface area contributed by atoms with Gasteiger partial charge in [0.1, 0.15) is 0 Å². The van der Waals surface area contributed by atoms with Crippen molar-refractivity contribution in [2.45, 2.75) is 6.92 Å². The molecule has 0 amide bonds. The van der Waals surface area contributed by atoms with Crippen LogP contribution in [0.2, 0.25) is 0 Å². The lowest BCUT2D eigenvalue weighted by molar-refractivity contribution is 0.0520. The van der Waals surface area contributed by atoms with E-state index in [1.807, 2.05) is 0 Å². The topological polar surface area (TPSA) is 65.0 Å². The minimum atomic E-state index is -0.462. The van der Waals surface area contributed by atoms with Crippen molar-refractivity contribution in [2.24, 2.45) is 0 Å². The molecule has 2 heterocycles. The Morgan fingerprint density at radius 1 is 1.18 bits per heavy atom. The van der Waals surface area contributed by atoms with Crippen molar-refractivity contribution in [1.82, 2.24) is 15.0 Å². The molecule has 86 valence electrons. The number of aromatic nitrogens is 3. The lowest BCUT2D eigenvalue weighted by atomic mass is 10.2. The fourth-order valence-corrected chi connectivity index (χ4v) is 1.39. The van der Waals surface area contributed by atoms with Gasteiger partial charge in [0.25, 0.3) is 0 Å². The van der Waals surface area contributed by atoms with Crippen molar-refractivity contribution in [1.29, 1.82) is 0 Å². The molecule has 0 unspecified atom stereocenters. The normalized spacial score (nSPS) is 9.94. The van der Waals surface area contributed by atoms with Gasteiger partial charge in [-0.2, -0.15) is 0 Å². The summed E-state index contributed by atoms with van der Waals surface area (Å²) in [5, 5.41) is 0. The van der Waals surface area contributed by atoms with E-state index in [1.165, 1.54) is 0 Å². The van der Waals surface area contributed by atoms with E-state index in [9.17, 15) is 4.79 Å². The fourth-order valence-electron chi connectivity index (χ4n) is 1.39. The largest absolute Gasteiger partial charge is 0.461 e. The van der Waals surface area contributed by atoms with Gasteiger partial charge in [0.15, 0.2) is 11.5 Å². The Kier molecular flexibility index (Phi) is 3.40. The molecule has 0 aliphatic heterocycles. The molecule has 0 N–H and O–H groups in total. The summed E-state index contributed by atoms with van der Waals surface area (Å²) in [4.78, 5) is 23.9. The molecule has 0 aliphatic rings. The van der Waals surface area contributed by atoms with Gasteiger partial charge in [0, 0.05) is 18.6 Å². The van der Waals surface area contributed by atoms with E-state index in [4.69, 9.17) is 4.74 Å². The predicted octanol–water partition coefficient (Wildman–Crippen LogP) is 1.72. The summed E-state index contributed by atoms with van der Waals surface area (Å²) in [6.07, 6.45) is 4.77. The van der Waals surface area contributed by atoms with Crippen LogP contribution in [0.1, 0.15) is 17.4 Å². The number of hydrogen-bond acceptors (Lipinski definition) is 5. The van der Waals surface area contributed by atoms with E-state index in [1.54, 1.807) is 43.7 Å². The van der Waals surface area contributed by atoms with Gasteiger partial charge in [-0.15, -0.1) is 0 Å². The molecule has 0 radical (unpaired) electrons. The average molecular weight is 229 g/mol. The first-order chi connectivity index (χ1) is 8.33. The van der Waals surface area contributed by atoms with Crippen molar-refractivity contribution in [2.75, 3.05) is 6.61 Å². The summed E-state index contributed by atoms with van der Waals surface area (Å²) in [6.45, 7) is 2.06. The van der Waals surface area contributed by atoms with Crippen LogP contribution in [0.5, 0.6) is 0 Å². The van der Waals surface area contributed by atoms with Crippen molar-refractivity contribution < 1.29 is 9.53 Å². The van der Waals surface area contributed by atoms with Crippen LogP contribution in [0.4, 0.5) is 0 Å². The highest BCUT2D eigenvalue weighted by atomic mass is 16.5. The standard InChI is InChI=1S/C12H11N3O2/c1-2-17-12(16)10-9(5-3-6-13-10)11-14-7-4-8-15-11/h3-8H,2H2,1H3. The first-order valence-corrected chi connectivity index (χ1v) is 5.22. The maximum absolute atomic E-state index is 11.7. The Hall–Kier alpha value is -2.30. The Balaban J connectivity index is 2.45. The van der Waals surface area contributed by atoms with Crippen LogP contribution < -0.4 is 0 Å². The van der Waals surface area contributed by atoms with E-state index in [0.717, 1.165) is 0 Å². The van der Waals surface area contributed by atoms with Crippen molar-refractivity contribution >= 4 is 5.97 Å². The molecule has 17 heavy (non-hydrogen) atoms. The van der Waals surface area contributed by atoms with Crippen molar-refractivity contribution in [3.8, 4) is 11.4 Å². The zero-order valence-electron chi connectivity index (χ0n) is 9.33. The highest BCUT2D eigenvalue weighted by Crippen LogP contribution is 2.17. The zero-order chi connectivity index (χ0) is 12.1. The Morgan fingerprint density at radius 2 is 1.88 bits per heavy atom. The van der Waals surface area contributed by atoms with Gasteiger partial charge >= 0.3 is 5.97 Å². The molecule has 2 aromatic rings. The van der Waals surface area contributed by atoms with Crippen LogP contribution in [-0.2, 0) is 4.74 Å². The number of nitrogens with zero attached hydrogens (tertiary/aromatic N) is 3. The lowest BCUT2D eigenvalue weighted by Crippen LogP contribution is -2.09. The van der Waals surface area contributed by atoms with Crippen LogP contribution in [0.3, 0.4) is 0 Å². The fraction of sp³-hybridized carbons (Fsp3) is 0.167. The van der Waals surface area contributed by atoms with Crippen LogP contribution in [-0.4, -0.2) is 27.5 Å². The van der Waals surface area contributed by atoms with Crippen LogP contribution in [0.15, 0.2) is 36.8 Å². The maximum atomic E-state index is 11.7. The summed E-state index contributed by atoms with van der Waals surface area (Å²) in [5.74, 6) is -0.000735. The predicted molar refractivity (Wildman–Crippen MR) is 61.2 cm³/mol. The molecule has 5 heteroatoms. The highest BCUT2D eigenvalue weighted by molar-refractivity contribution is 5.94. The monoisotopic (exact) mass is 229 g/mol. The second-order valence-electron chi connectivity index (χ2n) is 3.19. The minimum Gasteiger partial charge on any atom is -0.461 e. The van der Waals surface area contributed by atoms with E-state index < -0.39 is 5.97 Å². The van der Waals surface area contributed by atoms with Gasteiger partial charge < -0.3 is 4.74 Å². The molecule has 0 saturated carbocycles. The molecule has 0 fully saturated rings. The Labute approximate surface area is 98.5 Å². The van der Waals surface area contributed by atoms with Crippen LogP contribution in [0.25, 0.3) is 11.4 Å². The molecule has 0 aromatic carbocycles. The smallest absolute Gasteiger partial charge is 0.357 e. The number of ether oxygens (including phenoxy) is 1. The second-order valence-corrected chi connectivity index (χ2v) is 3.19. The summed E-state index contributed by atoms with van der Waals surface area (Å²) >= 11 is 0. The van der Waals surface area contributed by atoms with E-state index in [0.29, 0.717) is 18.0 Å². The number of pyridine rings is 1. The van der Waals surface area contributed by atoms with Crippen molar-refractivity contribution in [3.63, 3.8) is 0 Å². The number of carbonyl (C=O) groups excluding carboxylic acids is 1. The third kappa shape index (κ3) is 2.44. The van der Waals surface area contributed by atoms with Gasteiger partial charge in [0.2, 0.25) is 0 Å². The van der Waals surface area contributed by atoms with Crippen LogP contribution >= 0.6 is 0 Å².